The lowest BCUT2D eigenvalue weighted by molar-refractivity contribution is -0.145. The molecule has 0 bridgehead atoms. The van der Waals surface area contributed by atoms with E-state index in [1.165, 1.54) is 0 Å². The molecule has 4 rings (SSSR count). The van der Waals surface area contributed by atoms with E-state index in [0.29, 0.717) is 31.7 Å². The summed E-state index contributed by atoms with van der Waals surface area (Å²) in [5.74, 6) is 0.291. The molecule has 10 heteroatoms. The van der Waals surface area contributed by atoms with Gasteiger partial charge in [-0.3, -0.25) is 9.48 Å². The average Bonchev–Trinajstić information content (AvgIpc) is 3.43. The van der Waals surface area contributed by atoms with Gasteiger partial charge in [0.25, 0.3) is 5.91 Å². The number of aliphatic hydroxyl groups is 1. The van der Waals surface area contributed by atoms with Gasteiger partial charge in [-0.1, -0.05) is 18.2 Å². The predicted octanol–water partition coefficient (Wildman–Crippen LogP) is 2.24. The Bertz CT molecular complexity index is 1070. The summed E-state index contributed by atoms with van der Waals surface area (Å²) in [6.45, 7) is 10.6. The molecule has 0 radical (unpaired) electrons. The van der Waals surface area contributed by atoms with Crippen molar-refractivity contribution in [3.63, 3.8) is 0 Å². The van der Waals surface area contributed by atoms with Crippen LogP contribution in [0.25, 0.3) is 0 Å². The fourth-order valence-electron chi connectivity index (χ4n) is 5.70. The summed E-state index contributed by atoms with van der Waals surface area (Å²) in [5, 5.41) is 17.4. The largest absolute Gasteiger partial charge is 0.497 e. The Morgan fingerprint density at radius 2 is 2.15 bits per heavy atom. The van der Waals surface area contributed by atoms with E-state index in [1.807, 2.05) is 44.4 Å². The van der Waals surface area contributed by atoms with Crippen molar-refractivity contribution in [2.24, 2.45) is 5.92 Å². The molecular formula is C24H34N4O5Si. The number of rotatable bonds is 9. The Balaban J connectivity index is 1.71. The monoisotopic (exact) mass is 486 g/mol. The number of carbonyl (C=O) groups is 1. The molecule has 2 aliphatic heterocycles. The van der Waals surface area contributed by atoms with Crippen LogP contribution in [0.3, 0.4) is 0 Å². The highest BCUT2D eigenvalue weighted by atomic mass is 28.4. The minimum Gasteiger partial charge on any atom is -0.497 e. The first-order valence-corrected chi connectivity index (χ1v) is 14.7. The number of ether oxygens (including phenoxy) is 2. The Labute approximate surface area is 201 Å². The standard InChI is InChI=1S/C24H34N4O5Si/c1-6-11-28-20-8-7-18(32-3)14-19(20)24(23(28)30)16(2)22(34(4,5)31)21(33-24)9-12-27-15-17(10-13-29)25-26-27/h6-8,14-16,21-22,29,31H,1,9-13H2,2-5H3/t16-,21+,22-,24+/m1/s1. The van der Waals surface area contributed by atoms with Crippen LogP contribution in [0, 0.1) is 5.92 Å². The molecule has 1 saturated heterocycles. The zero-order valence-electron chi connectivity index (χ0n) is 20.3. The first kappa shape index (κ1) is 24.6. The summed E-state index contributed by atoms with van der Waals surface area (Å²) < 4.78 is 13.9. The fraction of sp³-hybridized carbons (Fsp3) is 0.542. The number of aromatic nitrogens is 3. The van der Waals surface area contributed by atoms with Crippen molar-refractivity contribution in [3.05, 3.63) is 48.3 Å². The van der Waals surface area contributed by atoms with Crippen LogP contribution in [0.4, 0.5) is 5.69 Å². The van der Waals surface area contributed by atoms with Crippen LogP contribution >= 0.6 is 0 Å². The zero-order valence-corrected chi connectivity index (χ0v) is 21.3. The van der Waals surface area contributed by atoms with Crippen molar-refractivity contribution < 1.29 is 24.2 Å². The van der Waals surface area contributed by atoms with Crippen LogP contribution in [-0.4, -0.2) is 65.5 Å². The maximum absolute atomic E-state index is 13.9. The number of aliphatic hydroxyl groups excluding tert-OH is 1. The SMILES string of the molecule is C=CCN1C(=O)[C@@]2(O[C@@H](CCn3cc(CCO)nn3)[C@H]([Si](C)(C)O)[C@H]2C)c2cc(OC)ccc21. The Kier molecular flexibility index (Phi) is 6.69. The van der Waals surface area contributed by atoms with Gasteiger partial charge in [0.2, 0.25) is 0 Å². The van der Waals surface area contributed by atoms with E-state index in [4.69, 9.17) is 14.6 Å². The second kappa shape index (κ2) is 9.25. The summed E-state index contributed by atoms with van der Waals surface area (Å²) >= 11 is 0. The summed E-state index contributed by atoms with van der Waals surface area (Å²) in [4.78, 5) is 27.0. The van der Waals surface area contributed by atoms with E-state index in [9.17, 15) is 9.59 Å². The third-order valence-corrected chi connectivity index (χ3v) is 9.60. The van der Waals surface area contributed by atoms with Crippen LogP contribution in [0.15, 0.2) is 37.1 Å². The molecule has 34 heavy (non-hydrogen) atoms. The van der Waals surface area contributed by atoms with E-state index < -0.39 is 13.9 Å². The highest BCUT2D eigenvalue weighted by Crippen LogP contribution is 2.60. The Morgan fingerprint density at radius 3 is 2.79 bits per heavy atom. The number of fused-ring (bicyclic) bond motifs is 2. The first-order chi connectivity index (χ1) is 16.2. The molecule has 1 aromatic carbocycles. The Morgan fingerprint density at radius 1 is 1.38 bits per heavy atom. The van der Waals surface area contributed by atoms with Gasteiger partial charge in [-0.15, -0.1) is 11.7 Å². The second-order valence-corrected chi connectivity index (χ2v) is 13.7. The van der Waals surface area contributed by atoms with Crippen LogP contribution < -0.4 is 9.64 Å². The minimum absolute atomic E-state index is 0.0169. The molecule has 0 saturated carbocycles. The molecule has 4 atom stereocenters. The number of benzene rings is 1. The van der Waals surface area contributed by atoms with Crippen LogP contribution in [0.5, 0.6) is 5.75 Å². The summed E-state index contributed by atoms with van der Waals surface area (Å²) in [5.41, 5.74) is 0.932. The van der Waals surface area contributed by atoms with E-state index in [2.05, 4.69) is 16.9 Å². The lowest BCUT2D eigenvalue weighted by Crippen LogP contribution is -2.46. The topological polar surface area (TPSA) is 110 Å². The smallest absolute Gasteiger partial charge is 0.264 e. The Hall–Kier alpha value is -2.53. The molecular weight excluding hydrogens is 452 g/mol. The van der Waals surface area contributed by atoms with Crippen LogP contribution in [0.2, 0.25) is 18.6 Å². The van der Waals surface area contributed by atoms with Gasteiger partial charge in [0.15, 0.2) is 13.9 Å². The third-order valence-electron chi connectivity index (χ3n) is 7.10. The lowest BCUT2D eigenvalue weighted by atomic mass is 9.82. The second-order valence-electron chi connectivity index (χ2n) is 9.68. The first-order valence-electron chi connectivity index (χ1n) is 11.7. The van der Waals surface area contributed by atoms with Crippen molar-refractivity contribution in [2.45, 2.75) is 56.7 Å². The molecule has 2 aromatic rings. The molecule has 1 aromatic heterocycles. The number of hydrogen-bond donors (Lipinski definition) is 2. The number of methoxy groups -OCH3 is 1. The normalized spacial score (nSPS) is 26.4. The minimum atomic E-state index is -2.73. The number of hydrogen-bond acceptors (Lipinski definition) is 7. The van der Waals surface area contributed by atoms with E-state index >= 15 is 0 Å². The molecule has 0 unspecified atom stereocenters. The number of carbonyl (C=O) groups excluding carboxylic acids is 1. The van der Waals surface area contributed by atoms with E-state index in [0.717, 1.165) is 16.9 Å². The molecule has 2 N–H and O–H groups in total. The molecule has 184 valence electrons. The van der Waals surface area contributed by atoms with Gasteiger partial charge in [-0.25, -0.2) is 0 Å². The quantitative estimate of drug-likeness (QED) is 0.413. The maximum atomic E-state index is 13.9. The number of aryl methyl sites for hydroxylation is 1. The van der Waals surface area contributed by atoms with Crippen molar-refractivity contribution in [2.75, 3.05) is 25.2 Å². The van der Waals surface area contributed by atoms with Gasteiger partial charge in [-0.05, 0) is 37.7 Å². The van der Waals surface area contributed by atoms with Gasteiger partial charge < -0.3 is 24.3 Å². The summed E-state index contributed by atoms with van der Waals surface area (Å²) in [6.07, 6.45) is 4.21. The van der Waals surface area contributed by atoms with E-state index in [1.54, 1.807) is 22.8 Å². The molecule has 1 amide bonds. The van der Waals surface area contributed by atoms with Crippen molar-refractivity contribution in [3.8, 4) is 5.75 Å². The third kappa shape index (κ3) is 3.98. The molecule has 9 nitrogen and oxygen atoms in total. The van der Waals surface area contributed by atoms with E-state index in [-0.39, 0.29) is 30.1 Å². The van der Waals surface area contributed by atoms with Gasteiger partial charge in [0.1, 0.15) is 5.75 Å². The molecule has 0 aliphatic carbocycles. The van der Waals surface area contributed by atoms with Gasteiger partial charge in [-0.2, -0.15) is 0 Å². The highest BCUT2D eigenvalue weighted by Gasteiger charge is 2.66. The van der Waals surface area contributed by atoms with Crippen LogP contribution in [0.1, 0.15) is 24.6 Å². The van der Waals surface area contributed by atoms with Crippen molar-refractivity contribution in [1.29, 1.82) is 0 Å². The zero-order chi connectivity index (χ0) is 24.7. The van der Waals surface area contributed by atoms with Crippen LogP contribution in [-0.2, 0) is 28.1 Å². The van der Waals surface area contributed by atoms with Gasteiger partial charge in [0.05, 0.1) is 24.6 Å². The van der Waals surface area contributed by atoms with Crippen molar-refractivity contribution in [1.82, 2.24) is 15.0 Å². The lowest BCUT2D eigenvalue weighted by Gasteiger charge is -2.32. The predicted molar refractivity (Wildman–Crippen MR) is 130 cm³/mol. The molecule has 1 fully saturated rings. The number of amides is 1. The fourth-order valence-corrected chi connectivity index (χ4v) is 8.30. The van der Waals surface area contributed by atoms with Crippen molar-refractivity contribution >= 4 is 19.9 Å². The number of anilines is 1. The maximum Gasteiger partial charge on any atom is 0.264 e. The highest BCUT2D eigenvalue weighted by molar-refractivity contribution is 6.71. The summed E-state index contributed by atoms with van der Waals surface area (Å²) in [6, 6.07) is 5.62. The summed E-state index contributed by atoms with van der Waals surface area (Å²) in [7, 11) is -1.13. The van der Waals surface area contributed by atoms with Gasteiger partial charge >= 0.3 is 0 Å². The van der Waals surface area contributed by atoms with Gasteiger partial charge in [0, 0.05) is 49.3 Å². The molecule has 3 heterocycles. The average molecular weight is 487 g/mol. The number of nitrogens with zero attached hydrogens (tertiary/aromatic N) is 4. The molecule has 2 aliphatic rings. The molecule has 1 spiro atoms.